The fourth-order valence-corrected chi connectivity index (χ4v) is 3.49. The fraction of sp³-hybridized carbons (Fsp3) is 0.350. The predicted molar refractivity (Wildman–Crippen MR) is 116 cm³/mol. The highest BCUT2D eigenvalue weighted by Gasteiger charge is 2.09. The molecule has 0 atom stereocenters. The van der Waals surface area contributed by atoms with Crippen LogP contribution in [-0.2, 0) is 0 Å². The number of nitrogens with zero attached hydrogens (tertiary/aromatic N) is 3. The lowest BCUT2D eigenvalue weighted by Crippen LogP contribution is -2.02. The lowest BCUT2D eigenvalue weighted by atomic mass is 10.2. The second kappa shape index (κ2) is 10.2. The Morgan fingerprint density at radius 1 is 1.21 bits per heavy atom. The highest BCUT2D eigenvalue weighted by atomic mass is 32.1. The van der Waals surface area contributed by atoms with Crippen LogP contribution in [0.2, 0.25) is 0 Å². The van der Waals surface area contributed by atoms with Crippen molar-refractivity contribution in [3.63, 3.8) is 0 Å². The van der Waals surface area contributed by atoms with E-state index < -0.39 is 0 Å². The van der Waals surface area contributed by atoms with Crippen LogP contribution >= 0.6 is 23.6 Å². The van der Waals surface area contributed by atoms with Gasteiger partial charge in [-0.15, -0.1) is 11.3 Å². The van der Waals surface area contributed by atoms with Crippen molar-refractivity contribution in [3.8, 4) is 22.2 Å². The van der Waals surface area contributed by atoms with Gasteiger partial charge in [-0.1, -0.05) is 25.8 Å². The molecule has 0 fully saturated rings. The summed E-state index contributed by atoms with van der Waals surface area (Å²) in [6, 6.07) is 9.76. The molecule has 8 heteroatoms. The van der Waals surface area contributed by atoms with Crippen molar-refractivity contribution >= 4 is 29.8 Å². The Bertz CT molecular complexity index is 961. The maximum absolute atomic E-state index is 5.88. The van der Waals surface area contributed by atoms with Crippen molar-refractivity contribution in [2.24, 2.45) is 5.10 Å². The molecule has 0 amide bonds. The monoisotopic (exact) mass is 416 g/mol. The number of ether oxygens (including phenoxy) is 2. The van der Waals surface area contributed by atoms with E-state index in [2.05, 4.69) is 22.2 Å². The summed E-state index contributed by atoms with van der Waals surface area (Å²) in [5.41, 5.74) is 0.893. The van der Waals surface area contributed by atoms with Gasteiger partial charge in [0.2, 0.25) is 4.77 Å². The van der Waals surface area contributed by atoms with Crippen LogP contribution in [0.4, 0.5) is 0 Å². The highest BCUT2D eigenvalue weighted by Crippen LogP contribution is 2.28. The van der Waals surface area contributed by atoms with Crippen LogP contribution in [0.3, 0.4) is 0 Å². The van der Waals surface area contributed by atoms with Gasteiger partial charge in [-0.25, -0.2) is 5.10 Å². The zero-order valence-electron chi connectivity index (χ0n) is 16.1. The van der Waals surface area contributed by atoms with Crippen molar-refractivity contribution in [2.45, 2.75) is 33.1 Å². The van der Waals surface area contributed by atoms with Crippen molar-refractivity contribution in [3.05, 3.63) is 46.0 Å². The van der Waals surface area contributed by atoms with Crippen LogP contribution in [0, 0.1) is 4.77 Å². The lowest BCUT2D eigenvalue weighted by Gasteiger charge is -2.12. The summed E-state index contributed by atoms with van der Waals surface area (Å²) in [4.78, 5) is 0.996. The Kier molecular flexibility index (Phi) is 7.39. The van der Waals surface area contributed by atoms with Crippen LogP contribution in [0.5, 0.6) is 11.5 Å². The number of aromatic nitrogens is 3. The van der Waals surface area contributed by atoms with E-state index in [1.54, 1.807) is 22.2 Å². The topological polar surface area (TPSA) is 64.4 Å². The Morgan fingerprint density at radius 3 is 2.86 bits per heavy atom. The Hall–Kier alpha value is -2.45. The molecule has 0 saturated carbocycles. The molecule has 0 aliphatic carbocycles. The van der Waals surface area contributed by atoms with Crippen molar-refractivity contribution in [1.82, 2.24) is 14.9 Å². The molecule has 0 radical (unpaired) electrons. The van der Waals surface area contributed by atoms with Gasteiger partial charge in [0.25, 0.3) is 0 Å². The molecule has 28 heavy (non-hydrogen) atoms. The number of benzene rings is 1. The molecule has 2 aromatic heterocycles. The molecule has 3 rings (SSSR count). The maximum Gasteiger partial charge on any atom is 0.216 e. The number of thiophene rings is 1. The van der Waals surface area contributed by atoms with Crippen molar-refractivity contribution < 1.29 is 9.47 Å². The number of nitrogens with one attached hydrogen (secondary N) is 1. The third-order valence-corrected chi connectivity index (χ3v) is 5.12. The number of hydrogen-bond acceptors (Lipinski definition) is 6. The third-order valence-electron chi connectivity index (χ3n) is 3.99. The van der Waals surface area contributed by atoms with Gasteiger partial charge in [0.05, 0.1) is 24.3 Å². The molecule has 0 aliphatic rings. The molecular weight excluding hydrogens is 392 g/mol. The number of aromatic amines is 1. The minimum Gasteiger partial charge on any atom is -0.490 e. The van der Waals surface area contributed by atoms with Gasteiger partial charge >= 0.3 is 0 Å². The first-order chi connectivity index (χ1) is 13.7. The summed E-state index contributed by atoms with van der Waals surface area (Å²) in [6.07, 6.45) is 5.11. The molecule has 0 spiro atoms. The van der Waals surface area contributed by atoms with E-state index in [1.807, 2.05) is 42.6 Å². The largest absolute Gasteiger partial charge is 0.490 e. The van der Waals surface area contributed by atoms with Crippen molar-refractivity contribution in [2.75, 3.05) is 13.2 Å². The first kappa shape index (κ1) is 20.3. The predicted octanol–water partition coefficient (Wildman–Crippen LogP) is 5.52. The maximum atomic E-state index is 5.88. The molecule has 6 nitrogen and oxygen atoms in total. The summed E-state index contributed by atoms with van der Waals surface area (Å²) < 4.78 is 13.7. The van der Waals surface area contributed by atoms with Crippen LogP contribution < -0.4 is 9.47 Å². The van der Waals surface area contributed by atoms with E-state index in [0.29, 0.717) is 23.8 Å². The zero-order valence-corrected chi connectivity index (χ0v) is 17.7. The minimum absolute atomic E-state index is 0.445. The van der Waals surface area contributed by atoms with E-state index >= 15 is 0 Å². The van der Waals surface area contributed by atoms with Crippen LogP contribution in [0.15, 0.2) is 40.8 Å². The Morgan fingerprint density at radius 2 is 2.11 bits per heavy atom. The smallest absolute Gasteiger partial charge is 0.216 e. The van der Waals surface area contributed by atoms with Crippen LogP contribution in [-0.4, -0.2) is 34.3 Å². The summed E-state index contributed by atoms with van der Waals surface area (Å²) in [7, 11) is 0. The third kappa shape index (κ3) is 5.08. The van der Waals surface area contributed by atoms with E-state index in [4.69, 9.17) is 21.7 Å². The van der Waals surface area contributed by atoms with Crippen LogP contribution in [0.25, 0.3) is 10.7 Å². The van der Waals surface area contributed by atoms with Gasteiger partial charge in [-0.05, 0) is 60.8 Å². The number of unbranched alkanes of at least 4 members (excludes halogenated alkanes) is 2. The van der Waals surface area contributed by atoms with E-state index in [-0.39, 0.29) is 0 Å². The summed E-state index contributed by atoms with van der Waals surface area (Å²) in [6.45, 7) is 5.40. The van der Waals surface area contributed by atoms with Gasteiger partial charge in [-0.2, -0.15) is 14.9 Å². The number of H-pyrrole nitrogens is 1. The van der Waals surface area contributed by atoms with E-state index in [1.165, 1.54) is 6.42 Å². The molecule has 0 saturated heterocycles. The molecule has 0 aliphatic heterocycles. The van der Waals surface area contributed by atoms with Gasteiger partial charge in [-0.3, -0.25) is 0 Å². The molecular formula is C20H24N4O2S2. The molecule has 0 unspecified atom stereocenters. The van der Waals surface area contributed by atoms with Gasteiger partial charge in [0, 0.05) is 0 Å². The Balaban J connectivity index is 1.80. The molecule has 1 aromatic carbocycles. The quantitative estimate of drug-likeness (QED) is 0.268. The number of rotatable bonds is 10. The van der Waals surface area contributed by atoms with Gasteiger partial charge in [0.15, 0.2) is 17.3 Å². The SMILES string of the molecule is CCCCCOc1ccc(/C=N\n2c(-c3cccs3)n[nH]c2=S)cc1OCC. The van der Waals surface area contributed by atoms with Crippen molar-refractivity contribution in [1.29, 1.82) is 0 Å². The van der Waals surface area contributed by atoms with E-state index in [0.717, 1.165) is 34.8 Å². The second-order valence-corrected chi connectivity index (χ2v) is 7.42. The standard InChI is InChI=1S/C20H24N4O2S2/c1-3-5-6-11-26-16-10-9-15(13-17(16)25-4-2)14-21-24-19(22-23-20(24)27)18-8-7-12-28-18/h7-10,12-14H,3-6,11H2,1-2H3,(H,23,27)/b21-14-. The van der Waals surface area contributed by atoms with Gasteiger partial charge in [0.1, 0.15) is 0 Å². The zero-order chi connectivity index (χ0) is 19.8. The molecule has 2 heterocycles. The highest BCUT2D eigenvalue weighted by molar-refractivity contribution is 7.71. The second-order valence-electron chi connectivity index (χ2n) is 6.08. The molecule has 1 N–H and O–H groups in total. The molecule has 3 aromatic rings. The summed E-state index contributed by atoms with van der Waals surface area (Å²) in [5, 5.41) is 13.6. The fourth-order valence-electron chi connectivity index (χ4n) is 2.62. The first-order valence-electron chi connectivity index (χ1n) is 9.38. The van der Waals surface area contributed by atoms with E-state index in [9.17, 15) is 0 Å². The number of hydrogen-bond donors (Lipinski definition) is 1. The minimum atomic E-state index is 0.445. The van der Waals surface area contributed by atoms with Gasteiger partial charge < -0.3 is 9.47 Å². The lowest BCUT2D eigenvalue weighted by molar-refractivity contribution is 0.271. The molecule has 0 bridgehead atoms. The molecule has 148 valence electrons. The average molecular weight is 417 g/mol. The van der Waals surface area contributed by atoms with Crippen LogP contribution in [0.1, 0.15) is 38.7 Å². The summed E-state index contributed by atoms with van der Waals surface area (Å²) >= 11 is 6.90. The first-order valence-corrected chi connectivity index (χ1v) is 10.7. The average Bonchev–Trinajstić information content (AvgIpc) is 3.35. The Labute approximate surface area is 173 Å². The normalized spacial score (nSPS) is 11.2. The summed E-state index contributed by atoms with van der Waals surface area (Å²) in [5.74, 6) is 2.17.